The summed E-state index contributed by atoms with van der Waals surface area (Å²) in [6.07, 6.45) is 7.36. The summed E-state index contributed by atoms with van der Waals surface area (Å²) in [4.78, 5) is 26.1. The van der Waals surface area contributed by atoms with Crippen LogP contribution in [0.5, 0.6) is 5.75 Å². The Balaban J connectivity index is 1.29. The van der Waals surface area contributed by atoms with E-state index in [0.29, 0.717) is 32.6 Å². The van der Waals surface area contributed by atoms with Crippen LogP contribution in [0, 0.1) is 0 Å². The number of aliphatic imine (C=N–C) groups is 1. The van der Waals surface area contributed by atoms with Gasteiger partial charge in [0.1, 0.15) is 12.4 Å². The average molecular weight is 586 g/mol. The van der Waals surface area contributed by atoms with Crippen LogP contribution in [0.25, 0.3) is 17.3 Å². The molecular weight excluding hydrogens is 558 g/mol. The second kappa shape index (κ2) is 12.4. The summed E-state index contributed by atoms with van der Waals surface area (Å²) in [6.45, 7) is 0.343. The fourth-order valence-corrected chi connectivity index (χ4v) is 6.98. The van der Waals surface area contributed by atoms with E-state index in [9.17, 15) is 4.79 Å². The topological polar surface area (TPSA) is 54.8 Å². The molecule has 0 unspecified atom stereocenters. The molecule has 0 N–H and O–H groups in total. The van der Waals surface area contributed by atoms with Gasteiger partial charge in [0.15, 0.2) is 5.17 Å². The largest absolute Gasteiger partial charge is 0.488 e. The number of nitrogens with zero attached hydrogens (tertiary/aromatic N) is 3. The van der Waals surface area contributed by atoms with E-state index in [-0.39, 0.29) is 11.9 Å². The number of hydrogen-bond donors (Lipinski definition) is 0. The Morgan fingerprint density at radius 1 is 0.975 bits per heavy atom. The Bertz CT molecular complexity index is 1560. The number of thiazole rings is 1. The predicted octanol–water partition coefficient (Wildman–Crippen LogP) is 8.98. The summed E-state index contributed by atoms with van der Waals surface area (Å²) in [5.41, 5.74) is 3.70. The first-order chi connectivity index (χ1) is 19.7. The highest BCUT2D eigenvalue weighted by atomic mass is 35.5. The summed E-state index contributed by atoms with van der Waals surface area (Å²) in [5.74, 6) is 0.696. The number of carbonyl (C=O) groups excluding carboxylic acids is 1. The van der Waals surface area contributed by atoms with Gasteiger partial charge < -0.3 is 4.74 Å². The number of rotatable bonds is 7. The molecule has 0 radical (unpaired) electrons. The van der Waals surface area contributed by atoms with Crippen LogP contribution in [0.4, 0.5) is 5.13 Å². The van der Waals surface area contributed by atoms with Crippen LogP contribution in [0.2, 0.25) is 5.02 Å². The van der Waals surface area contributed by atoms with Crippen LogP contribution in [-0.2, 0) is 11.4 Å². The number of ether oxygens (including phenoxy) is 1. The quantitative estimate of drug-likeness (QED) is 0.203. The lowest BCUT2D eigenvalue weighted by Crippen LogP contribution is -2.40. The minimum atomic E-state index is -0.00334. The van der Waals surface area contributed by atoms with Crippen molar-refractivity contribution in [2.45, 2.75) is 44.8 Å². The number of carbonyl (C=O) groups is 1. The molecular formula is C32H28ClN3O2S2. The lowest BCUT2D eigenvalue weighted by atomic mass is 9.94. The standard InChI is InChI=1S/C32H28ClN3O2S2/c33-26-17-9-7-14-24(26)20-38-28-18-10-8-13-23(28)19-29-30(37)36(25-15-5-2-6-16-25)32(40-29)35-31-34-27(21-39-31)22-11-3-1-4-12-22/h1,3-4,7-14,17-19,21,25H,2,5-6,15-16,20H2/b29-19-,35-32+. The van der Waals surface area contributed by atoms with Crippen molar-refractivity contribution in [3.05, 3.63) is 105 Å². The molecule has 202 valence electrons. The van der Waals surface area contributed by atoms with Crippen LogP contribution < -0.4 is 4.74 Å². The molecule has 1 aliphatic heterocycles. The number of amidine groups is 1. The number of thioether (sulfide) groups is 1. The Morgan fingerprint density at radius 3 is 2.55 bits per heavy atom. The smallest absolute Gasteiger partial charge is 0.267 e. The minimum absolute atomic E-state index is 0.00334. The maximum atomic E-state index is 13.9. The van der Waals surface area contributed by atoms with Crippen molar-refractivity contribution in [1.29, 1.82) is 0 Å². The molecule has 1 aromatic heterocycles. The van der Waals surface area contributed by atoms with Crippen molar-refractivity contribution >= 4 is 57.0 Å². The van der Waals surface area contributed by atoms with E-state index in [1.165, 1.54) is 29.5 Å². The maximum Gasteiger partial charge on any atom is 0.267 e. The van der Waals surface area contributed by atoms with E-state index in [4.69, 9.17) is 26.3 Å². The highest BCUT2D eigenvalue weighted by Crippen LogP contribution is 2.40. The van der Waals surface area contributed by atoms with E-state index in [0.717, 1.165) is 48.1 Å². The molecule has 2 fully saturated rings. The van der Waals surface area contributed by atoms with E-state index in [2.05, 4.69) is 0 Å². The second-order valence-corrected chi connectivity index (χ2v) is 12.0. The number of benzene rings is 3. The summed E-state index contributed by atoms with van der Waals surface area (Å²) in [5, 5.41) is 4.04. The first-order valence-electron chi connectivity index (χ1n) is 13.4. The van der Waals surface area contributed by atoms with Gasteiger partial charge in [0, 0.05) is 33.1 Å². The molecule has 4 aromatic rings. The van der Waals surface area contributed by atoms with E-state index < -0.39 is 0 Å². The SMILES string of the molecule is O=C1/C(=C/c2ccccc2OCc2ccccc2Cl)S/C(=N/c2nc(-c3ccccc3)cs2)N1C1CCCCC1. The molecule has 2 aliphatic rings. The Labute approximate surface area is 247 Å². The van der Waals surface area contributed by atoms with Crippen LogP contribution in [0.1, 0.15) is 43.2 Å². The van der Waals surface area contributed by atoms with Gasteiger partial charge in [-0.05, 0) is 42.8 Å². The van der Waals surface area contributed by atoms with Gasteiger partial charge >= 0.3 is 0 Å². The molecule has 0 spiro atoms. The molecule has 1 saturated heterocycles. The number of aromatic nitrogens is 1. The van der Waals surface area contributed by atoms with E-state index >= 15 is 0 Å². The molecule has 1 amide bonds. The van der Waals surface area contributed by atoms with Gasteiger partial charge in [0.2, 0.25) is 5.13 Å². The molecule has 3 aromatic carbocycles. The van der Waals surface area contributed by atoms with Crippen molar-refractivity contribution in [3.63, 3.8) is 0 Å². The van der Waals surface area contributed by atoms with Crippen LogP contribution >= 0.6 is 34.7 Å². The highest BCUT2D eigenvalue weighted by Gasteiger charge is 2.39. The van der Waals surface area contributed by atoms with Gasteiger partial charge in [-0.3, -0.25) is 9.69 Å². The zero-order valence-electron chi connectivity index (χ0n) is 21.8. The molecule has 1 aliphatic carbocycles. The van der Waals surface area contributed by atoms with Gasteiger partial charge in [0.25, 0.3) is 5.91 Å². The maximum absolute atomic E-state index is 13.9. The molecule has 40 heavy (non-hydrogen) atoms. The van der Waals surface area contributed by atoms with Gasteiger partial charge in [-0.1, -0.05) is 97.6 Å². The number of para-hydroxylation sites is 1. The summed E-state index contributed by atoms with van der Waals surface area (Å²) in [6, 6.07) is 25.7. The van der Waals surface area contributed by atoms with Gasteiger partial charge in [-0.15, -0.1) is 11.3 Å². The molecule has 1 saturated carbocycles. The van der Waals surface area contributed by atoms with Crippen LogP contribution in [0.15, 0.2) is 94.1 Å². The third-order valence-electron chi connectivity index (χ3n) is 7.08. The van der Waals surface area contributed by atoms with Crippen LogP contribution in [0.3, 0.4) is 0 Å². The predicted molar refractivity (Wildman–Crippen MR) is 166 cm³/mol. The van der Waals surface area contributed by atoms with Crippen molar-refractivity contribution in [2.75, 3.05) is 0 Å². The zero-order chi connectivity index (χ0) is 27.3. The molecule has 5 nitrogen and oxygen atoms in total. The van der Waals surface area contributed by atoms with Crippen molar-refractivity contribution in [2.24, 2.45) is 4.99 Å². The third-order valence-corrected chi connectivity index (χ3v) is 9.16. The molecule has 2 heterocycles. The van der Waals surface area contributed by atoms with Crippen molar-refractivity contribution in [1.82, 2.24) is 9.88 Å². The average Bonchev–Trinajstić information content (AvgIpc) is 3.58. The fraction of sp³-hybridized carbons (Fsp3) is 0.219. The fourth-order valence-electron chi connectivity index (χ4n) is 5.01. The molecule has 6 rings (SSSR count). The van der Waals surface area contributed by atoms with Crippen molar-refractivity contribution in [3.8, 4) is 17.0 Å². The number of amides is 1. The molecule has 0 bridgehead atoms. The van der Waals surface area contributed by atoms with E-state index in [1.807, 2.05) is 95.2 Å². The lowest BCUT2D eigenvalue weighted by Gasteiger charge is -2.30. The van der Waals surface area contributed by atoms with Crippen LogP contribution in [-0.4, -0.2) is 27.0 Å². The minimum Gasteiger partial charge on any atom is -0.488 e. The highest BCUT2D eigenvalue weighted by molar-refractivity contribution is 8.18. The summed E-state index contributed by atoms with van der Waals surface area (Å²) < 4.78 is 6.16. The first kappa shape index (κ1) is 26.8. The number of hydrogen-bond acceptors (Lipinski definition) is 6. The first-order valence-corrected chi connectivity index (χ1v) is 15.5. The molecule has 8 heteroatoms. The van der Waals surface area contributed by atoms with Gasteiger partial charge in [-0.2, -0.15) is 4.99 Å². The van der Waals surface area contributed by atoms with Gasteiger partial charge in [0.05, 0.1) is 10.6 Å². The third kappa shape index (κ3) is 6.02. The zero-order valence-corrected chi connectivity index (χ0v) is 24.2. The second-order valence-electron chi connectivity index (χ2n) is 9.77. The van der Waals surface area contributed by atoms with E-state index in [1.54, 1.807) is 0 Å². The monoisotopic (exact) mass is 585 g/mol. The van der Waals surface area contributed by atoms with Crippen molar-refractivity contribution < 1.29 is 9.53 Å². The number of halogens is 1. The normalized spacial score (nSPS) is 18.1. The Hall–Kier alpha value is -3.39. The molecule has 0 atom stereocenters. The summed E-state index contributed by atoms with van der Waals surface area (Å²) >= 11 is 9.25. The Morgan fingerprint density at radius 2 is 1.73 bits per heavy atom. The lowest BCUT2D eigenvalue weighted by molar-refractivity contribution is -0.124. The summed E-state index contributed by atoms with van der Waals surface area (Å²) in [7, 11) is 0. The Kier molecular flexibility index (Phi) is 8.32. The van der Waals surface area contributed by atoms with Gasteiger partial charge in [-0.25, -0.2) is 4.98 Å².